The predicted molar refractivity (Wildman–Crippen MR) is 26.7 cm³/mol. The first kappa shape index (κ1) is 5.96. The topological polar surface area (TPSA) is 25.9 Å². The first-order valence-electron chi connectivity index (χ1n) is 1.76. The Hall–Kier alpha value is -1.04. The van der Waals surface area contributed by atoms with Gasteiger partial charge in [0.2, 0.25) is 0 Å². The molecule has 0 saturated carbocycles. The molecule has 38 valence electrons. The molecule has 0 N–H and O–H groups in total. The molecule has 7 heavy (non-hydrogen) atoms. The zero-order chi connectivity index (χ0) is 5.70. The van der Waals surface area contributed by atoms with Gasteiger partial charge < -0.3 is 4.74 Å². The van der Waals surface area contributed by atoms with Gasteiger partial charge in [-0.2, -0.15) is 6.57 Å². The first-order chi connectivity index (χ1) is 3.31. The summed E-state index contributed by atoms with van der Waals surface area (Å²) in [6.07, 6.45) is 0. The van der Waals surface area contributed by atoms with E-state index >= 15 is 0 Å². The molecule has 0 amide bonds. The Balaban J connectivity index is 3.56. The van der Waals surface area contributed by atoms with E-state index in [2.05, 4.69) is 14.8 Å². The number of rotatable bonds is 0. The molecule has 0 unspecified atom stereocenters. The Morgan fingerprint density at radius 1 is 1.86 bits per heavy atom. The third-order valence-electron chi connectivity index (χ3n) is 0.486. The van der Waals surface area contributed by atoms with Gasteiger partial charge >= 0.3 is 0 Å². The van der Waals surface area contributed by atoms with E-state index in [4.69, 9.17) is 6.57 Å². The monoisotopic (exact) mass is 98.0 g/mol. The summed E-state index contributed by atoms with van der Waals surface area (Å²) in [5, 5.41) is 3.23. The normalized spacial score (nSPS) is 10.1. The largest absolute Gasteiger partial charge is 0.480 e. The van der Waals surface area contributed by atoms with Crippen LogP contribution in [0.1, 0.15) is 6.92 Å². The van der Waals surface area contributed by atoms with Crippen LogP contribution in [0.25, 0.3) is 4.95 Å². The summed E-state index contributed by atoms with van der Waals surface area (Å²) < 4.78 is 4.53. The molecule has 0 heterocycles. The fourth-order valence-corrected chi connectivity index (χ4v) is 0.111. The van der Waals surface area contributed by atoms with Gasteiger partial charge in [0.25, 0.3) is 5.90 Å². The van der Waals surface area contributed by atoms with Gasteiger partial charge in [-0.15, -0.1) is 4.95 Å². The molecular formula is C4H6N2O. The van der Waals surface area contributed by atoms with Gasteiger partial charge in [-0.05, 0) is 0 Å². The molecule has 3 nitrogen and oxygen atoms in total. The summed E-state index contributed by atoms with van der Waals surface area (Å²) in [6.45, 7) is 7.82. The minimum Gasteiger partial charge on any atom is -0.480 e. The molecule has 0 rings (SSSR count). The minimum atomic E-state index is 0.398. The molecule has 3 heteroatoms. The van der Waals surface area contributed by atoms with Crippen LogP contribution in [0.3, 0.4) is 0 Å². The maximum absolute atomic E-state index is 6.19. The Bertz CT molecular complexity index is 111. The minimum absolute atomic E-state index is 0.398. The van der Waals surface area contributed by atoms with E-state index in [9.17, 15) is 0 Å². The predicted octanol–water partition coefficient (Wildman–Crippen LogP) is 0.885. The van der Waals surface area contributed by atoms with Crippen molar-refractivity contribution in [2.45, 2.75) is 6.92 Å². The lowest BCUT2D eigenvalue weighted by atomic mass is 10.8. The van der Waals surface area contributed by atoms with Crippen LogP contribution in [-0.4, -0.2) is 13.0 Å². The number of nitrogens with zero attached hydrogens (tertiary/aromatic N) is 2. The van der Waals surface area contributed by atoms with Crippen molar-refractivity contribution in [1.29, 1.82) is 0 Å². The molecule has 0 aliphatic rings. The second-order valence-electron chi connectivity index (χ2n) is 0.923. The van der Waals surface area contributed by atoms with E-state index in [1.165, 1.54) is 7.11 Å². The second kappa shape index (κ2) is 3.16. The summed E-state index contributed by atoms with van der Waals surface area (Å²) in [7, 11) is 1.48. The van der Waals surface area contributed by atoms with E-state index in [1.54, 1.807) is 6.92 Å². The molecule has 0 aliphatic carbocycles. The summed E-state index contributed by atoms with van der Waals surface area (Å²) >= 11 is 0. The van der Waals surface area contributed by atoms with Gasteiger partial charge in [0.15, 0.2) is 0 Å². The van der Waals surface area contributed by atoms with E-state index in [1.807, 2.05) is 0 Å². The standard InChI is InChI=1S/C4H6N2O/c1-4(7-3)6-5-2/h1,3H3. The van der Waals surface area contributed by atoms with Gasteiger partial charge in [-0.1, -0.05) is 0 Å². The average molecular weight is 98.1 g/mol. The molecule has 0 aromatic heterocycles. The number of hydrogen-bond acceptors (Lipinski definition) is 2. The van der Waals surface area contributed by atoms with Crippen molar-refractivity contribution in [3.8, 4) is 0 Å². The highest BCUT2D eigenvalue weighted by molar-refractivity contribution is 5.73. The number of hydrogen-bond donors (Lipinski definition) is 0. The van der Waals surface area contributed by atoms with Crippen molar-refractivity contribution in [3.63, 3.8) is 0 Å². The van der Waals surface area contributed by atoms with Crippen molar-refractivity contribution in [1.82, 2.24) is 0 Å². The SMILES string of the molecule is [C-]#[N+]N=C(C)OC. The summed E-state index contributed by atoms with van der Waals surface area (Å²) in [5.74, 6) is 0.398. The lowest BCUT2D eigenvalue weighted by molar-refractivity contribution is 0.400. The molecule has 0 spiro atoms. The molecule has 0 aromatic carbocycles. The Kier molecular flexibility index (Phi) is 2.69. The third-order valence-corrected chi connectivity index (χ3v) is 0.486. The van der Waals surface area contributed by atoms with Crippen LogP contribution in [0.4, 0.5) is 0 Å². The van der Waals surface area contributed by atoms with Crippen LogP contribution in [-0.2, 0) is 4.74 Å². The molecule has 0 bridgehead atoms. The molecule has 0 radical (unpaired) electrons. The van der Waals surface area contributed by atoms with Crippen LogP contribution in [0.15, 0.2) is 5.10 Å². The van der Waals surface area contributed by atoms with Crippen molar-refractivity contribution in [2.75, 3.05) is 7.11 Å². The first-order valence-corrected chi connectivity index (χ1v) is 1.76. The fourth-order valence-electron chi connectivity index (χ4n) is 0.111. The highest BCUT2D eigenvalue weighted by Gasteiger charge is 1.83. The average Bonchev–Trinajstić information content (AvgIpc) is 1.68. The van der Waals surface area contributed by atoms with Crippen molar-refractivity contribution in [3.05, 3.63) is 11.5 Å². The molecule has 0 atom stereocenters. The Morgan fingerprint density at radius 3 is 2.57 bits per heavy atom. The van der Waals surface area contributed by atoms with Gasteiger partial charge in [-0.3, -0.25) is 0 Å². The summed E-state index contributed by atoms with van der Waals surface area (Å²) in [6, 6.07) is 0. The Labute approximate surface area is 42.4 Å². The summed E-state index contributed by atoms with van der Waals surface area (Å²) in [4.78, 5) is 2.72. The number of ether oxygens (including phenoxy) is 1. The van der Waals surface area contributed by atoms with Crippen LogP contribution in [0.2, 0.25) is 0 Å². The lowest BCUT2D eigenvalue weighted by Gasteiger charge is -1.84. The van der Waals surface area contributed by atoms with Crippen molar-refractivity contribution in [2.24, 2.45) is 5.10 Å². The molecule has 0 aromatic rings. The molecule has 0 fully saturated rings. The maximum Gasteiger partial charge on any atom is 0.266 e. The third kappa shape index (κ3) is 2.77. The van der Waals surface area contributed by atoms with Crippen LogP contribution < -0.4 is 0 Å². The number of methoxy groups -OCH3 is 1. The second-order valence-corrected chi connectivity index (χ2v) is 0.923. The van der Waals surface area contributed by atoms with E-state index in [0.717, 1.165) is 0 Å². The maximum atomic E-state index is 6.19. The zero-order valence-corrected chi connectivity index (χ0v) is 4.30. The van der Waals surface area contributed by atoms with Crippen LogP contribution >= 0.6 is 0 Å². The van der Waals surface area contributed by atoms with Gasteiger partial charge in [0.1, 0.15) is 5.10 Å². The highest BCUT2D eigenvalue weighted by atomic mass is 16.5. The van der Waals surface area contributed by atoms with E-state index in [0.29, 0.717) is 5.90 Å². The van der Waals surface area contributed by atoms with E-state index < -0.39 is 0 Å². The smallest absolute Gasteiger partial charge is 0.266 e. The molecular weight excluding hydrogens is 92.1 g/mol. The summed E-state index contributed by atoms with van der Waals surface area (Å²) in [5.41, 5.74) is 0. The van der Waals surface area contributed by atoms with E-state index in [-0.39, 0.29) is 0 Å². The molecule has 0 saturated heterocycles. The van der Waals surface area contributed by atoms with Gasteiger partial charge in [0, 0.05) is 6.92 Å². The fraction of sp³-hybridized carbons (Fsp3) is 0.500. The van der Waals surface area contributed by atoms with Gasteiger partial charge in [-0.25, -0.2) is 0 Å². The van der Waals surface area contributed by atoms with Crippen LogP contribution in [0, 0.1) is 6.57 Å². The zero-order valence-electron chi connectivity index (χ0n) is 4.30. The highest BCUT2D eigenvalue weighted by Crippen LogP contribution is 1.75. The van der Waals surface area contributed by atoms with Crippen molar-refractivity contribution < 1.29 is 4.74 Å². The lowest BCUT2D eigenvalue weighted by Crippen LogP contribution is -1.89. The van der Waals surface area contributed by atoms with Crippen molar-refractivity contribution >= 4 is 5.90 Å². The quantitative estimate of drug-likeness (QED) is 0.191. The Morgan fingerprint density at radius 2 is 2.43 bits per heavy atom. The van der Waals surface area contributed by atoms with Gasteiger partial charge in [0.05, 0.1) is 7.11 Å². The molecule has 0 aliphatic heterocycles. The van der Waals surface area contributed by atoms with Crippen LogP contribution in [0.5, 0.6) is 0 Å².